The Morgan fingerprint density at radius 1 is 1.15 bits per heavy atom. The number of aryl methyl sites for hydroxylation is 1. The molecule has 0 unspecified atom stereocenters. The molecule has 6 heteroatoms. The van der Waals surface area contributed by atoms with Crippen LogP contribution < -0.4 is 15.4 Å². The van der Waals surface area contributed by atoms with E-state index < -0.39 is 5.72 Å². The number of benzene rings is 2. The minimum absolute atomic E-state index is 0.00403. The van der Waals surface area contributed by atoms with E-state index in [9.17, 15) is 10.2 Å². The Hall–Kier alpha value is -2.47. The van der Waals surface area contributed by atoms with Crippen LogP contribution in [-0.4, -0.2) is 26.6 Å². The number of phenolic OH excluding ortho intramolecular Hbond substituents is 2. The molecule has 0 aliphatic carbocycles. The maximum atomic E-state index is 10.5. The van der Waals surface area contributed by atoms with Crippen molar-refractivity contribution in [1.29, 1.82) is 0 Å². The minimum Gasteiger partial charge on any atom is -0.504 e. The number of fused-ring (bicyclic) bond motifs is 1. The Morgan fingerprint density at radius 3 is 2.63 bits per heavy atom. The lowest BCUT2D eigenvalue weighted by Crippen LogP contribution is -2.69. The summed E-state index contributed by atoms with van der Waals surface area (Å²) in [4.78, 5) is 0. The first-order valence-corrected chi connectivity index (χ1v) is 9.50. The van der Waals surface area contributed by atoms with E-state index in [1.165, 1.54) is 11.6 Å². The molecule has 4 N–H and O–H groups in total. The fourth-order valence-corrected chi connectivity index (χ4v) is 4.81. The fourth-order valence-electron chi connectivity index (χ4n) is 4.35. The summed E-state index contributed by atoms with van der Waals surface area (Å²) >= 11 is 5.43. The third-order valence-electron chi connectivity index (χ3n) is 5.31. The number of aromatic hydroxyl groups is 2. The first-order valence-electron chi connectivity index (χ1n) is 9.09. The van der Waals surface area contributed by atoms with Gasteiger partial charge in [-0.25, -0.2) is 0 Å². The Bertz CT molecular complexity index is 928. The lowest BCUT2D eigenvalue weighted by molar-refractivity contribution is -0.0150. The van der Waals surface area contributed by atoms with E-state index in [-0.39, 0.29) is 23.0 Å². The lowest BCUT2D eigenvalue weighted by Gasteiger charge is -2.50. The molecule has 0 bridgehead atoms. The van der Waals surface area contributed by atoms with Gasteiger partial charge in [-0.3, -0.25) is 0 Å². The molecule has 5 nitrogen and oxygen atoms in total. The van der Waals surface area contributed by atoms with Crippen LogP contribution in [0.15, 0.2) is 36.4 Å². The van der Waals surface area contributed by atoms with Crippen molar-refractivity contribution >= 4 is 17.3 Å². The molecule has 0 radical (unpaired) electrons. The predicted molar refractivity (Wildman–Crippen MR) is 108 cm³/mol. The van der Waals surface area contributed by atoms with Crippen molar-refractivity contribution in [3.05, 3.63) is 53.1 Å². The summed E-state index contributed by atoms with van der Waals surface area (Å²) in [7, 11) is 0. The van der Waals surface area contributed by atoms with Gasteiger partial charge in [0.25, 0.3) is 0 Å². The largest absolute Gasteiger partial charge is 0.504 e. The van der Waals surface area contributed by atoms with E-state index in [0.29, 0.717) is 23.7 Å². The SMILES string of the molecule is Cc1cccc([C@@H]2C[C@@]3(CC(C)(C)NC(=S)N3)Oc3c2ccc(O)c3O)c1. The normalized spacial score (nSPS) is 25.9. The van der Waals surface area contributed by atoms with Gasteiger partial charge in [0, 0.05) is 29.9 Å². The Kier molecular flexibility index (Phi) is 4.00. The first-order chi connectivity index (χ1) is 12.7. The van der Waals surface area contributed by atoms with Gasteiger partial charge in [-0.1, -0.05) is 35.9 Å². The molecule has 2 aromatic carbocycles. The van der Waals surface area contributed by atoms with E-state index in [4.69, 9.17) is 17.0 Å². The molecule has 0 aromatic heterocycles. The average Bonchev–Trinajstić information content (AvgIpc) is 2.56. The quantitative estimate of drug-likeness (QED) is 0.444. The number of nitrogens with one attached hydrogen (secondary N) is 2. The summed E-state index contributed by atoms with van der Waals surface area (Å²) in [5, 5.41) is 27.6. The van der Waals surface area contributed by atoms with Gasteiger partial charge in [0.15, 0.2) is 22.3 Å². The zero-order valence-electron chi connectivity index (χ0n) is 15.7. The summed E-state index contributed by atoms with van der Waals surface area (Å²) in [6, 6.07) is 11.7. The van der Waals surface area contributed by atoms with Gasteiger partial charge in [0.2, 0.25) is 5.75 Å². The predicted octanol–water partition coefficient (Wildman–Crippen LogP) is 3.66. The molecule has 2 heterocycles. The van der Waals surface area contributed by atoms with Crippen LogP contribution in [0.1, 0.15) is 49.3 Å². The third-order valence-corrected chi connectivity index (χ3v) is 5.52. The van der Waals surface area contributed by atoms with Crippen molar-refractivity contribution in [2.45, 2.75) is 50.8 Å². The van der Waals surface area contributed by atoms with Gasteiger partial charge in [-0.15, -0.1) is 0 Å². The van der Waals surface area contributed by atoms with Crippen molar-refractivity contribution in [1.82, 2.24) is 10.6 Å². The zero-order chi connectivity index (χ0) is 19.4. The Labute approximate surface area is 164 Å². The van der Waals surface area contributed by atoms with E-state index in [2.05, 4.69) is 49.6 Å². The number of ether oxygens (including phenoxy) is 1. The number of rotatable bonds is 1. The maximum absolute atomic E-state index is 10.5. The summed E-state index contributed by atoms with van der Waals surface area (Å²) in [5.41, 5.74) is 2.16. The highest BCUT2D eigenvalue weighted by molar-refractivity contribution is 7.80. The van der Waals surface area contributed by atoms with Crippen molar-refractivity contribution in [3.8, 4) is 17.2 Å². The van der Waals surface area contributed by atoms with Crippen LogP contribution in [0, 0.1) is 6.92 Å². The van der Waals surface area contributed by atoms with Gasteiger partial charge < -0.3 is 25.6 Å². The van der Waals surface area contributed by atoms with Crippen molar-refractivity contribution in [2.24, 2.45) is 0 Å². The minimum atomic E-state index is -0.765. The molecule has 27 heavy (non-hydrogen) atoms. The second-order valence-electron chi connectivity index (χ2n) is 8.26. The van der Waals surface area contributed by atoms with Crippen LogP contribution >= 0.6 is 12.2 Å². The zero-order valence-corrected chi connectivity index (χ0v) is 16.5. The van der Waals surface area contributed by atoms with Crippen LogP contribution in [0.5, 0.6) is 17.2 Å². The van der Waals surface area contributed by atoms with E-state index in [0.717, 1.165) is 11.1 Å². The summed E-state index contributed by atoms with van der Waals surface area (Å²) in [5.74, 6) is -0.0945. The van der Waals surface area contributed by atoms with E-state index >= 15 is 0 Å². The molecule has 2 aliphatic heterocycles. The van der Waals surface area contributed by atoms with E-state index in [1.807, 2.05) is 12.1 Å². The number of thiocarbonyl (C=S) groups is 1. The molecule has 142 valence electrons. The first kappa shape index (κ1) is 17.9. The third kappa shape index (κ3) is 3.18. The number of hydrogen-bond donors (Lipinski definition) is 4. The highest BCUT2D eigenvalue weighted by Crippen LogP contribution is 2.52. The fraction of sp³-hybridized carbons (Fsp3) is 0.381. The standard InChI is InChI=1S/C21H24N2O3S/c1-12-5-4-6-13(9-12)15-10-21(11-20(2,3)22-19(27)23-21)26-18-14(15)7-8-16(24)17(18)25/h4-9,15,24-25H,10-11H2,1-3H3,(H2,22,23,27)/t15-,21-/m0/s1. The molecular weight excluding hydrogens is 360 g/mol. The highest BCUT2D eigenvalue weighted by Gasteiger charge is 2.49. The van der Waals surface area contributed by atoms with Crippen molar-refractivity contribution < 1.29 is 14.9 Å². The average molecular weight is 385 g/mol. The van der Waals surface area contributed by atoms with Gasteiger partial charge in [0.05, 0.1) is 0 Å². The van der Waals surface area contributed by atoms with Gasteiger partial charge in [-0.05, 0) is 44.6 Å². The van der Waals surface area contributed by atoms with Gasteiger partial charge in [0.1, 0.15) is 0 Å². The summed E-state index contributed by atoms with van der Waals surface area (Å²) in [6.45, 7) is 6.21. The van der Waals surface area contributed by atoms with Gasteiger partial charge in [-0.2, -0.15) is 0 Å². The molecule has 4 rings (SSSR count). The van der Waals surface area contributed by atoms with Crippen LogP contribution in [0.4, 0.5) is 0 Å². The van der Waals surface area contributed by atoms with Crippen LogP contribution in [0.25, 0.3) is 0 Å². The molecule has 2 aliphatic rings. The molecule has 1 saturated heterocycles. The monoisotopic (exact) mass is 384 g/mol. The second kappa shape index (κ2) is 6.02. The van der Waals surface area contributed by atoms with Crippen molar-refractivity contribution in [3.63, 3.8) is 0 Å². The maximum Gasteiger partial charge on any atom is 0.200 e. The molecule has 0 saturated carbocycles. The molecule has 2 aromatic rings. The molecular formula is C21H24N2O3S. The second-order valence-corrected chi connectivity index (χ2v) is 8.67. The van der Waals surface area contributed by atoms with E-state index in [1.54, 1.807) is 0 Å². The van der Waals surface area contributed by atoms with Crippen LogP contribution in [-0.2, 0) is 0 Å². The summed E-state index contributed by atoms with van der Waals surface area (Å²) < 4.78 is 6.31. The van der Waals surface area contributed by atoms with Crippen LogP contribution in [0.2, 0.25) is 0 Å². The smallest absolute Gasteiger partial charge is 0.200 e. The molecule has 2 atom stereocenters. The molecule has 0 amide bonds. The molecule has 1 fully saturated rings. The van der Waals surface area contributed by atoms with Crippen LogP contribution in [0.3, 0.4) is 0 Å². The Morgan fingerprint density at radius 2 is 1.93 bits per heavy atom. The highest BCUT2D eigenvalue weighted by atomic mass is 32.1. The molecule has 1 spiro atoms. The summed E-state index contributed by atoms with van der Waals surface area (Å²) in [6.07, 6.45) is 1.32. The number of hydrogen-bond acceptors (Lipinski definition) is 4. The topological polar surface area (TPSA) is 73.8 Å². The number of phenols is 2. The van der Waals surface area contributed by atoms with Crippen molar-refractivity contribution in [2.75, 3.05) is 0 Å². The lowest BCUT2D eigenvalue weighted by atomic mass is 9.77. The van der Waals surface area contributed by atoms with Gasteiger partial charge >= 0.3 is 0 Å². The Balaban J connectivity index is 1.87.